The first-order valence-electron chi connectivity index (χ1n) is 6.80. The van der Waals surface area contributed by atoms with Crippen molar-refractivity contribution < 1.29 is 19.0 Å². The van der Waals surface area contributed by atoms with Gasteiger partial charge in [-0.25, -0.2) is 4.79 Å². The van der Waals surface area contributed by atoms with Gasteiger partial charge in [-0.15, -0.1) is 0 Å². The van der Waals surface area contributed by atoms with Crippen LogP contribution in [-0.4, -0.2) is 32.5 Å². The first kappa shape index (κ1) is 14.5. The monoisotopic (exact) mass is 279 g/mol. The topological polar surface area (TPSA) is 48.0 Å². The summed E-state index contributed by atoms with van der Waals surface area (Å²) >= 11 is 0. The molecule has 1 unspecified atom stereocenters. The van der Waals surface area contributed by atoms with Crippen molar-refractivity contribution in [2.75, 3.05) is 25.2 Å². The van der Waals surface area contributed by atoms with Gasteiger partial charge in [0.05, 0.1) is 25.9 Å². The minimum atomic E-state index is -0.322. The lowest BCUT2D eigenvalue weighted by molar-refractivity contribution is 0.150. The molecule has 1 heterocycles. The van der Waals surface area contributed by atoms with E-state index in [1.807, 2.05) is 19.1 Å². The van der Waals surface area contributed by atoms with Crippen molar-refractivity contribution in [3.63, 3.8) is 0 Å². The average molecular weight is 279 g/mol. The maximum atomic E-state index is 11.7. The van der Waals surface area contributed by atoms with E-state index in [0.717, 1.165) is 5.69 Å². The summed E-state index contributed by atoms with van der Waals surface area (Å²) in [6.07, 6.45) is -0.415. The largest absolute Gasteiger partial charge is 0.493 e. The highest BCUT2D eigenvalue weighted by Gasteiger charge is 2.29. The van der Waals surface area contributed by atoms with E-state index in [4.69, 9.17) is 14.2 Å². The van der Waals surface area contributed by atoms with Crippen LogP contribution in [0.15, 0.2) is 18.2 Å². The van der Waals surface area contributed by atoms with Crippen LogP contribution < -0.4 is 14.4 Å². The van der Waals surface area contributed by atoms with Gasteiger partial charge in [0.2, 0.25) is 0 Å². The van der Waals surface area contributed by atoms with Crippen molar-refractivity contribution in [3.05, 3.63) is 18.2 Å². The molecule has 1 aromatic rings. The van der Waals surface area contributed by atoms with Gasteiger partial charge < -0.3 is 14.2 Å². The van der Waals surface area contributed by atoms with Gasteiger partial charge in [0, 0.05) is 6.07 Å². The molecule has 5 heteroatoms. The van der Waals surface area contributed by atoms with Crippen LogP contribution in [0.25, 0.3) is 0 Å². The van der Waals surface area contributed by atoms with Crippen molar-refractivity contribution >= 4 is 11.8 Å². The Balaban J connectivity index is 2.22. The lowest BCUT2D eigenvalue weighted by atomic mass is 10.2. The van der Waals surface area contributed by atoms with Crippen LogP contribution in [0, 0.1) is 5.92 Å². The summed E-state index contributed by atoms with van der Waals surface area (Å²) in [7, 11) is 1.60. The predicted molar refractivity (Wildman–Crippen MR) is 76.6 cm³/mol. The fraction of sp³-hybridized carbons (Fsp3) is 0.533. The minimum Gasteiger partial charge on any atom is -0.493 e. The van der Waals surface area contributed by atoms with Gasteiger partial charge in [0.15, 0.2) is 11.5 Å². The van der Waals surface area contributed by atoms with E-state index in [9.17, 15) is 4.79 Å². The van der Waals surface area contributed by atoms with E-state index >= 15 is 0 Å². The second kappa shape index (κ2) is 6.03. The molecule has 1 atom stereocenters. The lowest BCUT2D eigenvalue weighted by Gasteiger charge is -2.17. The summed E-state index contributed by atoms with van der Waals surface area (Å²) in [5, 5.41) is 0. The maximum Gasteiger partial charge on any atom is 0.414 e. The number of amides is 1. The quantitative estimate of drug-likeness (QED) is 0.831. The Kier molecular flexibility index (Phi) is 4.37. The van der Waals surface area contributed by atoms with Gasteiger partial charge in [0.1, 0.15) is 6.10 Å². The number of rotatable bonds is 5. The predicted octanol–water partition coefficient (Wildman–Crippen LogP) is 3.08. The highest BCUT2D eigenvalue weighted by atomic mass is 16.6. The highest BCUT2D eigenvalue weighted by Crippen LogP contribution is 2.33. The molecule has 1 saturated heterocycles. The van der Waals surface area contributed by atoms with Crippen LogP contribution in [0.3, 0.4) is 0 Å². The number of methoxy groups -OCH3 is 1. The molecule has 1 amide bonds. The number of ether oxygens (including phenoxy) is 3. The number of carbonyl (C=O) groups is 1. The lowest BCUT2D eigenvalue weighted by Crippen LogP contribution is -2.24. The van der Waals surface area contributed by atoms with E-state index in [-0.39, 0.29) is 12.2 Å². The molecular formula is C15H21NO4. The summed E-state index contributed by atoms with van der Waals surface area (Å²) in [6, 6.07) is 5.46. The standard InChI is InChI=1S/C15H21NO4/c1-10(2)9-19-14-7-12(5-6-13(14)18-4)16-8-11(3)20-15(16)17/h5-7,10-11H,8-9H2,1-4H3. The summed E-state index contributed by atoms with van der Waals surface area (Å²) in [6.45, 7) is 7.18. The Labute approximate surface area is 119 Å². The van der Waals surface area contributed by atoms with E-state index in [1.165, 1.54) is 0 Å². The van der Waals surface area contributed by atoms with E-state index in [1.54, 1.807) is 18.1 Å². The third-order valence-corrected chi connectivity index (χ3v) is 2.99. The van der Waals surface area contributed by atoms with E-state index in [2.05, 4.69) is 13.8 Å². The van der Waals surface area contributed by atoms with Crippen molar-refractivity contribution in [2.24, 2.45) is 5.92 Å². The first-order valence-corrected chi connectivity index (χ1v) is 6.80. The van der Waals surface area contributed by atoms with Gasteiger partial charge in [-0.2, -0.15) is 0 Å². The molecule has 0 aliphatic carbocycles. The molecule has 1 fully saturated rings. The molecule has 0 saturated carbocycles. The molecular weight excluding hydrogens is 258 g/mol. The highest BCUT2D eigenvalue weighted by molar-refractivity contribution is 5.90. The number of hydrogen-bond acceptors (Lipinski definition) is 4. The normalized spacial score (nSPS) is 18.4. The Morgan fingerprint density at radius 3 is 2.70 bits per heavy atom. The zero-order valence-corrected chi connectivity index (χ0v) is 12.4. The third-order valence-electron chi connectivity index (χ3n) is 2.99. The number of benzene rings is 1. The second-order valence-electron chi connectivity index (χ2n) is 5.34. The maximum absolute atomic E-state index is 11.7. The smallest absolute Gasteiger partial charge is 0.414 e. The number of cyclic esters (lactones) is 1. The van der Waals surface area contributed by atoms with Crippen LogP contribution in [0.1, 0.15) is 20.8 Å². The molecule has 0 spiro atoms. The van der Waals surface area contributed by atoms with Crippen molar-refractivity contribution in [1.29, 1.82) is 0 Å². The van der Waals surface area contributed by atoms with Crippen LogP contribution in [0.5, 0.6) is 11.5 Å². The van der Waals surface area contributed by atoms with Crippen LogP contribution in [-0.2, 0) is 4.74 Å². The first-order chi connectivity index (χ1) is 9.51. The van der Waals surface area contributed by atoms with Crippen molar-refractivity contribution in [3.8, 4) is 11.5 Å². The minimum absolute atomic E-state index is 0.0929. The van der Waals surface area contributed by atoms with E-state index in [0.29, 0.717) is 30.6 Å². The van der Waals surface area contributed by atoms with Gasteiger partial charge >= 0.3 is 6.09 Å². The molecule has 1 aliphatic rings. The second-order valence-corrected chi connectivity index (χ2v) is 5.34. The van der Waals surface area contributed by atoms with Crippen molar-refractivity contribution in [2.45, 2.75) is 26.9 Å². The van der Waals surface area contributed by atoms with Crippen LogP contribution in [0.2, 0.25) is 0 Å². The SMILES string of the molecule is COc1ccc(N2CC(C)OC2=O)cc1OCC(C)C. The Morgan fingerprint density at radius 2 is 2.15 bits per heavy atom. The number of nitrogens with zero attached hydrogens (tertiary/aromatic N) is 1. The molecule has 1 aromatic carbocycles. The Hall–Kier alpha value is -1.91. The summed E-state index contributed by atoms with van der Waals surface area (Å²) in [5.74, 6) is 1.72. The molecule has 0 bridgehead atoms. The van der Waals surface area contributed by atoms with Gasteiger partial charge in [-0.3, -0.25) is 4.90 Å². The van der Waals surface area contributed by atoms with Crippen molar-refractivity contribution in [1.82, 2.24) is 0 Å². The Bertz CT molecular complexity index is 487. The molecule has 0 radical (unpaired) electrons. The average Bonchev–Trinajstić information content (AvgIpc) is 2.75. The van der Waals surface area contributed by atoms with Crippen LogP contribution >= 0.6 is 0 Å². The molecule has 2 rings (SSSR count). The summed E-state index contributed by atoms with van der Waals surface area (Å²) < 4.78 is 16.2. The molecule has 0 aromatic heterocycles. The number of anilines is 1. The summed E-state index contributed by atoms with van der Waals surface area (Å²) in [4.78, 5) is 13.4. The summed E-state index contributed by atoms with van der Waals surface area (Å²) in [5.41, 5.74) is 0.763. The van der Waals surface area contributed by atoms with Gasteiger partial charge in [-0.05, 0) is 25.0 Å². The molecule has 1 aliphatic heterocycles. The Morgan fingerprint density at radius 1 is 1.40 bits per heavy atom. The van der Waals surface area contributed by atoms with E-state index < -0.39 is 0 Å². The fourth-order valence-corrected chi connectivity index (χ4v) is 2.02. The van der Waals surface area contributed by atoms with Crippen LogP contribution in [0.4, 0.5) is 10.5 Å². The fourth-order valence-electron chi connectivity index (χ4n) is 2.02. The van der Waals surface area contributed by atoms with Gasteiger partial charge in [0.25, 0.3) is 0 Å². The van der Waals surface area contributed by atoms with Gasteiger partial charge in [-0.1, -0.05) is 13.8 Å². The molecule has 0 N–H and O–H groups in total. The molecule has 5 nitrogen and oxygen atoms in total. The zero-order valence-electron chi connectivity index (χ0n) is 12.4. The number of carbonyl (C=O) groups excluding carboxylic acids is 1. The zero-order chi connectivity index (χ0) is 14.7. The number of hydrogen-bond donors (Lipinski definition) is 0. The molecule has 20 heavy (non-hydrogen) atoms. The third kappa shape index (κ3) is 3.15. The molecule has 110 valence electrons.